The highest BCUT2D eigenvalue weighted by Crippen LogP contribution is 2.38. The van der Waals surface area contributed by atoms with Gasteiger partial charge in [-0.1, -0.05) is 40.9 Å². The zero-order chi connectivity index (χ0) is 16.3. The van der Waals surface area contributed by atoms with Gasteiger partial charge in [-0.3, -0.25) is 14.5 Å². The standard InChI is InChI=1S/C13H8Cl3N3O2S/c14-9-2-1-8(10(15)11(9)16)6-3-7(5-18-4-6)12(20)22-19-13(17)21/h1-5H,(H3,17,19,21). The Morgan fingerprint density at radius 3 is 2.55 bits per heavy atom. The van der Waals surface area contributed by atoms with E-state index in [0.717, 1.165) is 0 Å². The zero-order valence-corrected chi connectivity index (χ0v) is 13.9. The minimum atomic E-state index is -0.810. The molecule has 0 saturated carbocycles. The number of aromatic nitrogens is 1. The topological polar surface area (TPSA) is 85.1 Å². The normalized spacial score (nSPS) is 10.3. The van der Waals surface area contributed by atoms with Gasteiger partial charge in [-0.2, -0.15) is 0 Å². The Morgan fingerprint density at radius 2 is 1.86 bits per heavy atom. The van der Waals surface area contributed by atoms with Crippen molar-refractivity contribution in [2.24, 2.45) is 5.73 Å². The average molecular weight is 377 g/mol. The molecule has 0 bridgehead atoms. The molecule has 1 aromatic heterocycles. The van der Waals surface area contributed by atoms with Crippen LogP contribution in [0.5, 0.6) is 0 Å². The fourth-order valence-electron chi connectivity index (χ4n) is 1.60. The van der Waals surface area contributed by atoms with Gasteiger partial charge >= 0.3 is 6.03 Å². The van der Waals surface area contributed by atoms with Crippen molar-refractivity contribution in [3.63, 3.8) is 0 Å². The molecular weight excluding hydrogens is 369 g/mol. The van der Waals surface area contributed by atoms with Gasteiger partial charge in [-0.05, 0) is 12.1 Å². The van der Waals surface area contributed by atoms with Gasteiger partial charge < -0.3 is 5.73 Å². The summed E-state index contributed by atoms with van der Waals surface area (Å²) in [6.07, 6.45) is 2.90. The number of hydrogen-bond donors (Lipinski definition) is 2. The Balaban J connectivity index is 2.35. The fraction of sp³-hybridized carbons (Fsp3) is 0. The van der Waals surface area contributed by atoms with Crippen molar-refractivity contribution in [1.82, 2.24) is 9.71 Å². The minimum absolute atomic E-state index is 0.224. The van der Waals surface area contributed by atoms with Crippen LogP contribution in [0.4, 0.5) is 4.79 Å². The van der Waals surface area contributed by atoms with Crippen LogP contribution in [0.3, 0.4) is 0 Å². The molecule has 22 heavy (non-hydrogen) atoms. The van der Waals surface area contributed by atoms with Gasteiger partial charge in [0.15, 0.2) is 0 Å². The molecule has 1 aromatic carbocycles. The predicted octanol–water partition coefficient (Wildman–Crippen LogP) is 4.17. The molecule has 114 valence electrons. The van der Waals surface area contributed by atoms with Gasteiger partial charge in [0.25, 0.3) is 0 Å². The summed E-state index contributed by atoms with van der Waals surface area (Å²) in [4.78, 5) is 26.5. The summed E-state index contributed by atoms with van der Waals surface area (Å²) in [5.74, 6) is 0. The number of nitrogens with two attached hydrogens (primary N) is 1. The Bertz CT molecular complexity index is 755. The van der Waals surface area contributed by atoms with Crippen LogP contribution in [0, 0.1) is 0 Å². The van der Waals surface area contributed by atoms with E-state index < -0.39 is 11.1 Å². The van der Waals surface area contributed by atoms with Crippen LogP contribution in [0.1, 0.15) is 10.4 Å². The van der Waals surface area contributed by atoms with Crippen molar-refractivity contribution in [3.05, 3.63) is 51.2 Å². The molecule has 0 unspecified atom stereocenters. The number of hydrogen-bond acceptors (Lipinski definition) is 4. The van der Waals surface area contributed by atoms with E-state index in [1.165, 1.54) is 12.4 Å². The molecule has 0 atom stereocenters. The van der Waals surface area contributed by atoms with E-state index in [-0.39, 0.29) is 15.6 Å². The summed E-state index contributed by atoms with van der Waals surface area (Å²) in [6, 6.07) is 4.05. The van der Waals surface area contributed by atoms with Gasteiger partial charge in [0.05, 0.1) is 15.1 Å². The molecule has 0 aliphatic rings. The van der Waals surface area contributed by atoms with Gasteiger partial charge in [0.1, 0.15) is 0 Å². The second-order valence-corrected chi connectivity index (χ2v) is 5.98. The lowest BCUT2D eigenvalue weighted by molar-refractivity contribution is 0.108. The number of pyridine rings is 1. The van der Waals surface area contributed by atoms with Crippen molar-refractivity contribution >= 4 is 57.9 Å². The molecule has 0 fully saturated rings. The largest absolute Gasteiger partial charge is 0.351 e. The number of benzene rings is 1. The first-order valence-electron chi connectivity index (χ1n) is 5.75. The maximum atomic E-state index is 11.9. The summed E-state index contributed by atoms with van der Waals surface area (Å²) in [6.45, 7) is 0. The number of amides is 2. The summed E-state index contributed by atoms with van der Waals surface area (Å²) in [5.41, 5.74) is 6.36. The van der Waals surface area contributed by atoms with E-state index in [0.29, 0.717) is 28.1 Å². The van der Waals surface area contributed by atoms with Crippen LogP contribution in [-0.2, 0) is 0 Å². The predicted molar refractivity (Wildman–Crippen MR) is 89.3 cm³/mol. The molecule has 0 spiro atoms. The van der Waals surface area contributed by atoms with Crippen LogP contribution >= 0.6 is 46.8 Å². The van der Waals surface area contributed by atoms with Crippen molar-refractivity contribution in [2.75, 3.05) is 0 Å². The van der Waals surface area contributed by atoms with Gasteiger partial charge in [-0.25, -0.2) is 4.79 Å². The molecule has 0 saturated heterocycles. The third-order valence-electron chi connectivity index (χ3n) is 2.56. The molecule has 5 nitrogen and oxygen atoms in total. The third-order valence-corrected chi connectivity index (χ3v) is 4.58. The van der Waals surface area contributed by atoms with Gasteiger partial charge in [-0.15, -0.1) is 0 Å². The van der Waals surface area contributed by atoms with E-state index in [2.05, 4.69) is 9.71 Å². The SMILES string of the molecule is NC(=O)NSC(=O)c1cncc(-c2ccc(Cl)c(Cl)c2Cl)c1. The average Bonchev–Trinajstić information content (AvgIpc) is 2.50. The summed E-state index contributed by atoms with van der Waals surface area (Å²) < 4.78 is 2.14. The lowest BCUT2D eigenvalue weighted by atomic mass is 10.1. The highest BCUT2D eigenvalue weighted by Gasteiger charge is 2.14. The van der Waals surface area contributed by atoms with Crippen molar-refractivity contribution in [3.8, 4) is 11.1 Å². The maximum Gasteiger partial charge on any atom is 0.322 e. The van der Waals surface area contributed by atoms with Crippen LogP contribution in [0.2, 0.25) is 15.1 Å². The van der Waals surface area contributed by atoms with E-state index in [1.807, 2.05) is 0 Å². The molecule has 0 radical (unpaired) electrons. The molecule has 2 aromatic rings. The third kappa shape index (κ3) is 3.84. The number of carbonyl (C=O) groups is 2. The molecular formula is C13H8Cl3N3O2S. The monoisotopic (exact) mass is 375 g/mol. The molecule has 3 N–H and O–H groups in total. The molecule has 1 heterocycles. The second kappa shape index (κ2) is 7.19. The number of urea groups is 1. The van der Waals surface area contributed by atoms with Crippen molar-refractivity contribution in [2.45, 2.75) is 0 Å². The second-order valence-electron chi connectivity index (χ2n) is 4.04. The first kappa shape index (κ1) is 16.9. The quantitative estimate of drug-likeness (QED) is 0.608. The summed E-state index contributed by atoms with van der Waals surface area (Å²) >= 11 is 18.6. The molecule has 9 heteroatoms. The molecule has 2 amide bonds. The number of halogens is 3. The number of nitrogens with zero attached hydrogens (tertiary/aromatic N) is 1. The molecule has 2 rings (SSSR count). The van der Waals surface area contributed by atoms with E-state index in [4.69, 9.17) is 40.5 Å². The van der Waals surface area contributed by atoms with Crippen molar-refractivity contribution in [1.29, 1.82) is 0 Å². The van der Waals surface area contributed by atoms with Gasteiger partial charge in [0, 0.05) is 41.0 Å². The first-order valence-corrected chi connectivity index (χ1v) is 7.70. The number of rotatable bonds is 2. The number of carbonyl (C=O) groups excluding carboxylic acids is 2. The van der Waals surface area contributed by atoms with Crippen molar-refractivity contribution < 1.29 is 9.59 Å². The Morgan fingerprint density at radius 1 is 1.14 bits per heavy atom. The smallest absolute Gasteiger partial charge is 0.322 e. The molecule has 0 aliphatic carbocycles. The Labute approximate surface area is 145 Å². The fourth-order valence-corrected chi connectivity index (χ4v) is 2.67. The lowest BCUT2D eigenvalue weighted by Crippen LogP contribution is -2.24. The van der Waals surface area contributed by atoms with Gasteiger partial charge in [0.2, 0.25) is 5.12 Å². The molecule has 0 aliphatic heterocycles. The van der Waals surface area contributed by atoms with Crippen LogP contribution in [-0.4, -0.2) is 16.1 Å². The number of primary amides is 1. The van der Waals surface area contributed by atoms with Crippen LogP contribution in [0.15, 0.2) is 30.6 Å². The zero-order valence-electron chi connectivity index (χ0n) is 10.8. The van der Waals surface area contributed by atoms with Crippen LogP contribution in [0.25, 0.3) is 11.1 Å². The maximum absolute atomic E-state index is 11.9. The summed E-state index contributed by atoms with van der Waals surface area (Å²) in [5, 5.41) is 0.409. The van der Waals surface area contributed by atoms with Crippen LogP contribution < -0.4 is 10.5 Å². The minimum Gasteiger partial charge on any atom is -0.351 e. The highest BCUT2D eigenvalue weighted by atomic mass is 35.5. The lowest BCUT2D eigenvalue weighted by Gasteiger charge is -2.08. The first-order chi connectivity index (χ1) is 10.4. The Hall–Kier alpha value is -1.47. The van der Waals surface area contributed by atoms with E-state index in [9.17, 15) is 9.59 Å². The number of nitrogens with one attached hydrogen (secondary N) is 1. The highest BCUT2D eigenvalue weighted by molar-refractivity contribution is 8.12. The summed E-state index contributed by atoms with van der Waals surface area (Å²) in [7, 11) is 0. The van der Waals surface area contributed by atoms with E-state index in [1.54, 1.807) is 18.2 Å². The Kier molecular flexibility index (Phi) is 5.52. The van der Waals surface area contributed by atoms with E-state index >= 15 is 0 Å².